The number of hydrogen-bond acceptors (Lipinski definition) is 5. The summed E-state index contributed by atoms with van der Waals surface area (Å²) in [5, 5.41) is 7.55. The predicted molar refractivity (Wildman–Crippen MR) is 102 cm³/mol. The molecule has 0 atom stereocenters. The minimum Gasteiger partial charge on any atom is -0.461 e. The fraction of sp³-hybridized carbons (Fsp3) is 0.350. The average Bonchev–Trinajstić information content (AvgIpc) is 3.33. The second kappa shape index (κ2) is 7.36. The van der Waals surface area contributed by atoms with Crippen LogP contribution in [0.3, 0.4) is 0 Å². The molecule has 3 heterocycles. The van der Waals surface area contributed by atoms with Crippen LogP contribution in [-0.4, -0.2) is 51.8 Å². The van der Waals surface area contributed by atoms with Crippen LogP contribution < -0.4 is 5.32 Å². The first-order valence-electron chi connectivity index (χ1n) is 9.17. The molecule has 0 spiro atoms. The van der Waals surface area contributed by atoms with Crippen molar-refractivity contribution in [1.82, 2.24) is 25.0 Å². The molecular weight excluding hydrogens is 342 g/mol. The molecule has 1 saturated heterocycles. The van der Waals surface area contributed by atoms with Crippen molar-refractivity contribution in [3.05, 3.63) is 54.0 Å². The van der Waals surface area contributed by atoms with Crippen LogP contribution in [0.5, 0.6) is 0 Å². The summed E-state index contributed by atoms with van der Waals surface area (Å²) in [7, 11) is 2.10. The van der Waals surface area contributed by atoms with Crippen LogP contribution in [0.2, 0.25) is 0 Å². The lowest BCUT2D eigenvalue weighted by atomic mass is 10.1. The van der Waals surface area contributed by atoms with Crippen LogP contribution in [0.15, 0.2) is 47.1 Å². The third-order valence-electron chi connectivity index (χ3n) is 4.85. The average molecular weight is 365 g/mol. The topological polar surface area (TPSA) is 76.2 Å². The monoisotopic (exact) mass is 365 g/mol. The van der Waals surface area contributed by atoms with Crippen LogP contribution in [0.1, 0.15) is 29.0 Å². The molecular formula is C20H23N5O2. The minimum absolute atomic E-state index is 0.154. The molecule has 1 amide bonds. The van der Waals surface area contributed by atoms with E-state index in [1.807, 2.05) is 37.3 Å². The number of hydrogen-bond donors (Lipinski definition) is 1. The van der Waals surface area contributed by atoms with Gasteiger partial charge in [0.1, 0.15) is 0 Å². The molecule has 1 aliphatic rings. The highest BCUT2D eigenvalue weighted by molar-refractivity contribution is 5.91. The fourth-order valence-electron chi connectivity index (χ4n) is 3.32. The number of nitrogens with one attached hydrogen (secondary N) is 1. The van der Waals surface area contributed by atoms with Crippen LogP contribution in [-0.2, 0) is 0 Å². The van der Waals surface area contributed by atoms with Crippen molar-refractivity contribution in [2.75, 3.05) is 20.1 Å². The molecule has 7 nitrogen and oxygen atoms in total. The first-order chi connectivity index (χ1) is 13.1. The number of piperidine rings is 1. The Balaban J connectivity index is 1.64. The Morgan fingerprint density at radius 1 is 1.22 bits per heavy atom. The van der Waals surface area contributed by atoms with Crippen molar-refractivity contribution in [2.24, 2.45) is 0 Å². The summed E-state index contributed by atoms with van der Waals surface area (Å²) >= 11 is 0. The number of furan rings is 1. The van der Waals surface area contributed by atoms with Crippen LogP contribution >= 0.6 is 0 Å². The van der Waals surface area contributed by atoms with E-state index in [1.54, 1.807) is 17.0 Å². The summed E-state index contributed by atoms with van der Waals surface area (Å²) in [6.07, 6.45) is 3.46. The van der Waals surface area contributed by atoms with Gasteiger partial charge in [0.05, 0.1) is 12.0 Å². The zero-order chi connectivity index (χ0) is 18.8. The Bertz CT molecular complexity index is 924. The van der Waals surface area contributed by atoms with Gasteiger partial charge in [-0.1, -0.05) is 12.1 Å². The van der Waals surface area contributed by atoms with Gasteiger partial charge in [-0.25, -0.2) is 4.68 Å². The molecule has 27 heavy (non-hydrogen) atoms. The summed E-state index contributed by atoms with van der Waals surface area (Å²) in [6, 6.07) is 11.7. The number of rotatable bonds is 4. The number of benzene rings is 1. The van der Waals surface area contributed by atoms with Gasteiger partial charge in [-0.2, -0.15) is 4.98 Å². The molecule has 0 radical (unpaired) electrons. The van der Waals surface area contributed by atoms with Crippen molar-refractivity contribution in [3.63, 3.8) is 0 Å². The van der Waals surface area contributed by atoms with Crippen molar-refractivity contribution in [1.29, 1.82) is 0 Å². The Kier molecular flexibility index (Phi) is 4.77. The summed E-state index contributed by atoms with van der Waals surface area (Å²) in [5.74, 6) is 0.993. The first kappa shape index (κ1) is 17.5. The van der Waals surface area contributed by atoms with Crippen LogP contribution in [0.4, 0.5) is 0 Å². The molecule has 1 fully saturated rings. The highest BCUT2D eigenvalue weighted by Gasteiger charge is 2.24. The Morgan fingerprint density at radius 2 is 2.04 bits per heavy atom. The second-order valence-electron chi connectivity index (χ2n) is 7.04. The van der Waals surface area contributed by atoms with Crippen molar-refractivity contribution < 1.29 is 9.21 Å². The lowest BCUT2D eigenvalue weighted by molar-refractivity contribution is 0.0906. The minimum atomic E-state index is -0.247. The van der Waals surface area contributed by atoms with Gasteiger partial charge < -0.3 is 14.6 Å². The molecule has 0 aliphatic carbocycles. The van der Waals surface area contributed by atoms with Crippen molar-refractivity contribution >= 4 is 5.91 Å². The molecule has 7 heteroatoms. The van der Waals surface area contributed by atoms with Crippen LogP contribution in [0, 0.1) is 6.92 Å². The smallest absolute Gasteiger partial charge is 0.291 e. The third-order valence-corrected chi connectivity index (χ3v) is 4.85. The molecule has 4 rings (SSSR count). The quantitative estimate of drug-likeness (QED) is 0.769. The van der Waals surface area contributed by atoms with Gasteiger partial charge in [0.25, 0.3) is 5.91 Å². The van der Waals surface area contributed by atoms with Gasteiger partial charge in [-0.3, -0.25) is 4.79 Å². The number of nitrogens with zero attached hydrogens (tertiary/aromatic N) is 4. The first-order valence-corrected chi connectivity index (χ1v) is 9.17. The highest BCUT2D eigenvalue weighted by Crippen LogP contribution is 2.22. The van der Waals surface area contributed by atoms with E-state index in [9.17, 15) is 4.79 Å². The van der Waals surface area contributed by atoms with Crippen molar-refractivity contribution in [3.8, 4) is 17.3 Å². The SMILES string of the molecule is Cc1cccc(-n2nc(C(=O)NC3CCN(C)CC3)nc2-c2ccco2)c1. The molecule has 2 aromatic heterocycles. The summed E-state index contributed by atoms with van der Waals surface area (Å²) in [6.45, 7) is 3.97. The fourth-order valence-corrected chi connectivity index (χ4v) is 3.32. The zero-order valence-electron chi connectivity index (χ0n) is 15.6. The van der Waals surface area contributed by atoms with Gasteiger partial charge in [0.15, 0.2) is 11.6 Å². The number of carbonyl (C=O) groups is 1. The molecule has 1 aromatic carbocycles. The number of carbonyl (C=O) groups excluding carboxylic acids is 1. The van der Waals surface area contributed by atoms with E-state index in [0.717, 1.165) is 37.2 Å². The molecule has 0 unspecified atom stereocenters. The van der Waals surface area contributed by atoms with Crippen molar-refractivity contribution in [2.45, 2.75) is 25.8 Å². The number of amides is 1. The van der Waals surface area contributed by atoms with Gasteiger partial charge in [0, 0.05) is 6.04 Å². The van der Waals surface area contributed by atoms with E-state index in [1.165, 1.54) is 0 Å². The third kappa shape index (κ3) is 3.78. The van der Waals surface area contributed by atoms with E-state index in [2.05, 4.69) is 27.3 Å². The zero-order valence-corrected chi connectivity index (χ0v) is 15.6. The van der Waals surface area contributed by atoms with E-state index in [4.69, 9.17) is 4.42 Å². The molecule has 0 bridgehead atoms. The largest absolute Gasteiger partial charge is 0.461 e. The van der Waals surface area contributed by atoms with Gasteiger partial charge >= 0.3 is 0 Å². The van der Waals surface area contributed by atoms with Gasteiger partial charge in [-0.15, -0.1) is 5.10 Å². The maximum atomic E-state index is 12.7. The highest BCUT2D eigenvalue weighted by atomic mass is 16.3. The lowest BCUT2D eigenvalue weighted by Gasteiger charge is -2.29. The van der Waals surface area contributed by atoms with Gasteiger partial charge in [-0.05, 0) is 69.7 Å². The summed E-state index contributed by atoms with van der Waals surface area (Å²) < 4.78 is 7.17. The number of likely N-dealkylation sites (tertiary alicyclic amines) is 1. The molecule has 140 valence electrons. The molecule has 3 aromatic rings. The van der Waals surface area contributed by atoms with E-state index in [0.29, 0.717) is 11.6 Å². The maximum Gasteiger partial charge on any atom is 0.291 e. The molecule has 0 saturated carbocycles. The van der Waals surface area contributed by atoms with Gasteiger partial charge in [0.2, 0.25) is 5.82 Å². The molecule has 1 aliphatic heterocycles. The Morgan fingerprint density at radius 3 is 2.74 bits per heavy atom. The standard InChI is InChI=1S/C20H23N5O2/c1-14-5-3-6-16(13-14)25-19(17-7-4-12-27-17)22-18(23-25)20(26)21-15-8-10-24(2)11-9-15/h3-7,12-13,15H,8-11H2,1-2H3,(H,21,26). The normalized spacial score (nSPS) is 15.8. The van der Waals surface area contributed by atoms with E-state index >= 15 is 0 Å². The predicted octanol–water partition coefficient (Wildman–Crippen LogP) is 2.66. The van der Waals surface area contributed by atoms with E-state index in [-0.39, 0.29) is 17.8 Å². The Labute approximate surface area is 158 Å². The number of aryl methyl sites for hydroxylation is 1. The maximum absolute atomic E-state index is 12.7. The Hall–Kier alpha value is -2.93. The van der Waals surface area contributed by atoms with E-state index < -0.39 is 0 Å². The van der Waals surface area contributed by atoms with Crippen LogP contribution in [0.25, 0.3) is 17.3 Å². The lowest BCUT2D eigenvalue weighted by Crippen LogP contribution is -2.43. The molecule has 1 N–H and O–H groups in total. The summed E-state index contributed by atoms with van der Waals surface area (Å²) in [4.78, 5) is 19.5. The number of aromatic nitrogens is 3. The summed E-state index contributed by atoms with van der Waals surface area (Å²) in [5.41, 5.74) is 1.94. The second-order valence-corrected chi connectivity index (χ2v) is 7.04.